The summed E-state index contributed by atoms with van der Waals surface area (Å²) < 4.78 is 12.8. The van der Waals surface area contributed by atoms with Crippen LogP contribution in [0.4, 0.5) is 0 Å². The van der Waals surface area contributed by atoms with Crippen LogP contribution in [0.1, 0.15) is 37.5 Å². The summed E-state index contributed by atoms with van der Waals surface area (Å²) in [7, 11) is 0. The number of hydrogen-bond acceptors (Lipinski definition) is 3. The van der Waals surface area contributed by atoms with Crippen molar-refractivity contribution in [3.05, 3.63) is 57.6 Å². The number of ether oxygens (including phenoxy) is 2. The van der Waals surface area contributed by atoms with Crippen LogP contribution in [0.3, 0.4) is 0 Å². The summed E-state index contributed by atoms with van der Waals surface area (Å²) in [4.78, 5) is 0. The predicted molar refractivity (Wildman–Crippen MR) is 103 cm³/mol. The van der Waals surface area contributed by atoms with Crippen LogP contribution in [0.2, 0.25) is 0 Å². The second-order valence-electron chi connectivity index (χ2n) is 6.15. The van der Waals surface area contributed by atoms with Gasteiger partial charge >= 0.3 is 0 Å². The minimum atomic E-state index is 0.441. The molecule has 0 fully saturated rings. The Morgan fingerprint density at radius 2 is 1.88 bits per heavy atom. The van der Waals surface area contributed by atoms with E-state index < -0.39 is 0 Å². The molecule has 0 heterocycles. The van der Waals surface area contributed by atoms with Crippen LogP contribution in [0.25, 0.3) is 0 Å². The van der Waals surface area contributed by atoms with Gasteiger partial charge in [-0.1, -0.05) is 43.7 Å². The lowest BCUT2D eigenvalue weighted by atomic mass is 10.1. The Hall–Kier alpha value is -1.52. The second kappa shape index (κ2) is 9.09. The largest absolute Gasteiger partial charge is 0.490 e. The molecule has 0 spiro atoms. The number of hydrogen-bond donors (Lipinski definition) is 1. The third kappa shape index (κ3) is 5.53. The summed E-state index contributed by atoms with van der Waals surface area (Å²) in [5, 5.41) is 3.42. The van der Waals surface area contributed by atoms with Crippen molar-refractivity contribution in [2.75, 3.05) is 6.61 Å². The number of rotatable bonds is 8. The molecular formula is C20H26BrNO2. The van der Waals surface area contributed by atoms with Gasteiger partial charge in [0.15, 0.2) is 11.5 Å². The van der Waals surface area contributed by atoms with E-state index in [-0.39, 0.29) is 0 Å². The Bertz CT molecular complexity index is 671. The first kappa shape index (κ1) is 18.8. The molecule has 0 aliphatic carbocycles. The van der Waals surface area contributed by atoms with Crippen molar-refractivity contribution in [1.82, 2.24) is 5.32 Å². The Kier molecular flexibility index (Phi) is 7.13. The van der Waals surface area contributed by atoms with Crippen LogP contribution >= 0.6 is 15.9 Å². The van der Waals surface area contributed by atoms with Gasteiger partial charge in [-0.05, 0) is 53.0 Å². The summed E-state index contributed by atoms with van der Waals surface area (Å²) in [6.07, 6.45) is 0. The van der Waals surface area contributed by atoms with Gasteiger partial charge in [0.05, 0.1) is 11.1 Å². The highest BCUT2D eigenvalue weighted by molar-refractivity contribution is 9.10. The molecular weight excluding hydrogens is 366 g/mol. The molecule has 0 saturated heterocycles. The van der Waals surface area contributed by atoms with Crippen molar-refractivity contribution in [3.63, 3.8) is 0 Å². The number of halogens is 1. The first-order valence-corrected chi connectivity index (χ1v) is 9.15. The van der Waals surface area contributed by atoms with Crippen molar-refractivity contribution in [1.29, 1.82) is 0 Å². The minimum Gasteiger partial charge on any atom is -0.490 e. The molecule has 0 atom stereocenters. The quantitative estimate of drug-likeness (QED) is 0.667. The molecule has 0 unspecified atom stereocenters. The molecule has 0 aliphatic heterocycles. The highest BCUT2D eigenvalue weighted by Crippen LogP contribution is 2.37. The van der Waals surface area contributed by atoms with E-state index in [0.717, 1.165) is 28.1 Å². The molecule has 0 amide bonds. The summed E-state index contributed by atoms with van der Waals surface area (Å²) in [6.45, 7) is 10.3. The lowest BCUT2D eigenvalue weighted by molar-refractivity contribution is 0.267. The molecule has 0 saturated carbocycles. The average Bonchev–Trinajstić information content (AvgIpc) is 2.52. The molecule has 130 valence electrons. The second-order valence-corrected chi connectivity index (χ2v) is 7.01. The van der Waals surface area contributed by atoms with E-state index in [9.17, 15) is 0 Å². The zero-order chi connectivity index (χ0) is 17.5. The number of aryl methyl sites for hydroxylation is 1. The van der Waals surface area contributed by atoms with Gasteiger partial charge in [-0.3, -0.25) is 0 Å². The van der Waals surface area contributed by atoms with Crippen LogP contribution in [0.15, 0.2) is 40.9 Å². The molecule has 2 aromatic rings. The Morgan fingerprint density at radius 3 is 2.54 bits per heavy atom. The first-order valence-electron chi connectivity index (χ1n) is 8.36. The van der Waals surface area contributed by atoms with Crippen molar-refractivity contribution >= 4 is 15.9 Å². The van der Waals surface area contributed by atoms with Crippen LogP contribution in [-0.4, -0.2) is 12.6 Å². The maximum absolute atomic E-state index is 6.05. The zero-order valence-corrected chi connectivity index (χ0v) is 16.4. The Labute approximate surface area is 153 Å². The molecule has 0 radical (unpaired) electrons. The van der Waals surface area contributed by atoms with Crippen LogP contribution in [0.5, 0.6) is 11.5 Å². The van der Waals surface area contributed by atoms with E-state index in [2.05, 4.69) is 72.3 Å². The highest BCUT2D eigenvalue weighted by atomic mass is 79.9. The average molecular weight is 392 g/mol. The topological polar surface area (TPSA) is 30.5 Å². The van der Waals surface area contributed by atoms with E-state index >= 15 is 0 Å². The van der Waals surface area contributed by atoms with Crippen molar-refractivity contribution in [3.8, 4) is 11.5 Å². The summed E-state index contributed by atoms with van der Waals surface area (Å²) in [5.41, 5.74) is 3.55. The SMILES string of the molecule is CCOc1cc(CNC(C)C)cc(Br)c1OCc1cccc(C)c1. The van der Waals surface area contributed by atoms with E-state index in [1.54, 1.807) is 0 Å². The predicted octanol–water partition coefficient (Wildman–Crippen LogP) is 5.23. The fraction of sp³-hybridized carbons (Fsp3) is 0.400. The van der Waals surface area contributed by atoms with Crippen LogP contribution in [-0.2, 0) is 13.2 Å². The maximum Gasteiger partial charge on any atom is 0.175 e. The van der Waals surface area contributed by atoms with E-state index in [4.69, 9.17) is 9.47 Å². The Balaban J connectivity index is 2.17. The van der Waals surface area contributed by atoms with Crippen LogP contribution < -0.4 is 14.8 Å². The fourth-order valence-electron chi connectivity index (χ4n) is 2.41. The minimum absolute atomic E-state index is 0.441. The zero-order valence-electron chi connectivity index (χ0n) is 14.9. The molecule has 3 nitrogen and oxygen atoms in total. The third-order valence-corrected chi connectivity index (χ3v) is 4.14. The van der Waals surface area contributed by atoms with E-state index in [1.807, 2.05) is 13.0 Å². The van der Waals surface area contributed by atoms with Crippen molar-refractivity contribution < 1.29 is 9.47 Å². The molecule has 4 heteroatoms. The summed E-state index contributed by atoms with van der Waals surface area (Å²) in [5.74, 6) is 1.53. The van der Waals surface area contributed by atoms with E-state index in [0.29, 0.717) is 19.3 Å². The number of benzene rings is 2. The molecule has 0 aromatic heterocycles. The van der Waals surface area contributed by atoms with Gasteiger partial charge in [0.2, 0.25) is 0 Å². The van der Waals surface area contributed by atoms with Gasteiger partial charge in [-0.15, -0.1) is 0 Å². The summed E-state index contributed by atoms with van der Waals surface area (Å²) in [6, 6.07) is 12.9. The molecule has 24 heavy (non-hydrogen) atoms. The number of nitrogens with one attached hydrogen (secondary N) is 1. The van der Waals surface area contributed by atoms with Crippen LogP contribution in [0, 0.1) is 6.92 Å². The molecule has 0 bridgehead atoms. The Morgan fingerprint density at radius 1 is 1.08 bits per heavy atom. The van der Waals surface area contributed by atoms with Crippen molar-refractivity contribution in [2.24, 2.45) is 0 Å². The van der Waals surface area contributed by atoms with Gasteiger partial charge in [0.1, 0.15) is 6.61 Å². The molecule has 2 aromatic carbocycles. The van der Waals surface area contributed by atoms with Gasteiger partial charge in [-0.2, -0.15) is 0 Å². The van der Waals surface area contributed by atoms with Crippen molar-refractivity contribution in [2.45, 2.75) is 46.9 Å². The normalized spacial score (nSPS) is 10.9. The fourth-order valence-corrected chi connectivity index (χ4v) is 3.01. The van der Waals surface area contributed by atoms with Gasteiger partial charge in [0.25, 0.3) is 0 Å². The molecule has 1 N–H and O–H groups in total. The smallest absolute Gasteiger partial charge is 0.175 e. The van der Waals surface area contributed by atoms with E-state index in [1.165, 1.54) is 11.1 Å². The van der Waals surface area contributed by atoms with Gasteiger partial charge in [0, 0.05) is 12.6 Å². The molecule has 2 rings (SSSR count). The summed E-state index contributed by atoms with van der Waals surface area (Å²) >= 11 is 3.63. The lowest BCUT2D eigenvalue weighted by Crippen LogP contribution is -2.21. The third-order valence-electron chi connectivity index (χ3n) is 3.55. The first-order chi connectivity index (χ1) is 11.5. The maximum atomic E-state index is 6.05. The van der Waals surface area contributed by atoms with Gasteiger partial charge < -0.3 is 14.8 Å². The lowest BCUT2D eigenvalue weighted by Gasteiger charge is -2.16. The highest BCUT2D eigenvalue weighted by Gasteiger charge is 2.13. The van der Waals surface area contributed by atoms with Gasteiger partial charge in [-0.25, -0.2) is 0 Å². The monoisotopic (exact) mass is 391 g/mol. The standard InChI is InChI=1S/C20H26BrNO2/c1-5-23-19-11-17(12-22-14(2)3)10-18(21)20(19)24-13-16-8-6-7-15(4)9-16/h6-11,14,22H,5,12-13H2,1-4H3. The molecule has 0 aliphatic rings.